The predicted octanol–water partition coefficient (Wildman–Crippen LogP) is 6.61. The van der Waals surface area contributed by atoms with Gasteiger partial charge < -0.3 is 4.84 Å². The van der Waals surface area contributed by atoms with Gasteiger partial charge in [0.15, 0.2) is 0 Å². The third-order valence-corrected chi connectivity index (χ3v) is 4.07. The summed E-state index contributed by atoms with van der Waals surface area (Å²) in [4.78, 5) is 5.11. The molecule has 2 aromatic carbocycles. The van der Waals surface area contributed by atoms with Crippen LogP contribution in [-0.4, -0.2) is 5.71 Å². The Morgan fingerprint density at radius 3 is 2.38 bits per heavy atom. The first-order valence-corrected chi connectivity index (χ1v) is 7.79. The van der Waals surface area contributed by atoms with Crippen LogP contribution in [-0.2, 0) is 17.6 Å². The highest BCUT2D eigenvalue weighted by atomic mass is 35.5. The van der Waals surface area contributed by atoms with Crippen molar-refractivity contribution < 1.29 is 18.0 Å². The number of alkyl halides is 3. The van der Waals surface area contributed by atoms with Gasteiger partial charge in [0.05, 0.1) is 21.3 Å². The summed E-state index contributed by atoms with van der Waals surface area (Å²) < 4.78 is 39.1. The van der Waals surface area contributed by atoms with E-state index in [0.29, 0.717) is 15.6 Å². The van der Waals surface area contributed by atoms with Crippen LogP contribution in [0.2, 0.25) is 15.1 Å². The molecular weight excluding hydrogens is 386 g/mol. The standard InChI is InChI=1S/C16H11Cl3F3NO/c1-9(12-7-11(17)3-4-13(12)16(20,21)22)23-24-8-10-2-5-14(18)15(19)6-10/h2-7H,8H2,1H3/b23-9+. The first-order chi connectivity index (χ1) is 11.2. The largest absolute Gasteiger partial charge is 0.417 e. The van der Waals surface area contributed by atoms with E-state index in [-0.39, 0.29) is 22.9 Å². The third kappa shape index (κ3) is 4.79. The van der Waals surface area contributed by atoms with Crippen LogP contribution in [0.25, 0.3) is 0 Å². The minimum atomic E-state index is -4.51. The highest BCUT2D eigenvalue weighted by molar-refractivity contribution is 6.42. The third-order valence-electron chi connectivity index (χ3n) is 3.09. The number of benzene rings is 2. The van der Waals surface area contributed by atoms with Crippen molar-refractivity contribution in [2.45, 2.75) is 19.7 Å². The lowest BCUT2D eigenvalue weighted by molar-refractivity contribution is -0.137. The van der Waals surface area contributed by atoms with Gasteiger partial charge in [-0.25, -0.2) is 0 Å². The van der Waals surface area contributed by atoms with Crippen molar-refractivity contribution in [3.63, 3.8) is 0 Å². The number of nitrogens with zero attached hydrogens (tertiary/aromatic N) is 1. The molecule has 0 N–H and O–H groups in total. The molecule has 0 saturated carbocycles. The van der Waals surface area contributed by atoms with Crippen molar-refractivity contribution >= 4 is 40.5 Å². The molecule has 0 bridgehead atoms. The molecule has 0 aliphatic carbocycles. The molecule has 0 radical (unpaired) electrons. The topological polar surface area (TPSA) is 21.6 Å². The summed E-state index contributed by atoms with van der Waals surface area (Å²) in [6.45, 7) is 1.45. The van der Waals surface area contributed by atoms with Crippen molar-refractivity contribution in [1.82, 2.24) is 0 Å². The van der Waals surface area contributed by atoms with Crippen LogP contribution in [0, 0.1) is 0 Å². The van der Waals surface area contributed by atoms with E-state index < -0.39 is 11.7 Å². The lowest BCUT2D eigenvalue weighted by atomic mass is 10.0. The molecule has 24 heavy (non-hydrogen) atoms. The van der Waals surface area contributed by atoms with Gasteiger partial charge in [0, 0.05) is 10.6 Å². The van der Waals surface area contributed by atoms with Gasteiger partial charge in [0.1, 0.15) is 6.61 Å². The fraction of sp³-hybridized carbons (Fsp3) is 0.188. The SMILES string of the molecule is C/C(=N\OCc1ccc(Cl)c(Cl)c1)c1cc(Cl)ccc1C(F)(F)F. The number of halogens is 6. The molecule has 0 amide bonds. The Morgan fingerprint density at radius 2 is 1.75 bits per heavy atom. The quantitative estimate of drug-likeness (QED) is 0.421. The van der Waals surface area contributed by atoms with Crippen molar-refractivity contribution in [3.8, 4) is 0 Å². The number of rotatable bonds is 4. The first-order valence-electron chi connectivity index (χ1n) is 6.66. The zero-order valence-electron chi connectivity index (χ0n) is 12.3. The Hall–Kier alpha value is -1.43. The Bertz CT molecular complexity index is 776. The van der Waals surface area contributed by atoms with Crippen LogP contribution in [0.4, 0.5) is 13.2 Å². The molecule has 0 spiro atoms. The van der Waals surface area contributed by atoms with Gasteiger partial charge in [-0.05, 0) is 42.8 Å². The minimum absolute atomic E-state index is 0.0378. The summed E-state index contributed by atoms with van der Waals surface area (Å²) in [7, 11) is 0. The maximum Gasteiger partial charge on any atom is 0.417 e. The average Bonchev–Trinajstić information content (AvgIpc) is 2.49. The van der Waals surface area contributed by atoms with Crippen LogP contribution in [0.3, 0.4) is 0 Å². The summed E-state index contributed by atoms with van der Waals surface area (Å²) in [5, 5.41) is 4.67. The zero-order valence-corrected chi connectivity index (χ0v) is 14.6. The lowest BCUT2D eigenvalue weighted by Crippen LogP contribution is -2.12. The van der Waals surface area contributed by atoms with Gasteiger partial charge in [-0.2, -0.15) is 13.2 Å². The molecule has 0 heterocycles. The highest BCUT2D eigenvalue weighted by Gasteiger charge is 2.34. The van der Waals surface area contributed by atoms with Crippen molar-refractivity contribution in [2.24, 2.45) is 5.16 Å². The number of oxime groups is 1. The maximum atomic E-state index is 13.0. The second-order valence-corrected chi connectivity index (χ2v) is 6.14. The van der Waals surface area contributed by atoms with Gasteiger partial charge in [0.2, 0.25) is 0 Å². The maximum absolute atomic E-state index is 13.0. The summed E-state index contributed by atoms with van der Waals surface area (Å²) in [6.07, 6.45) is -4.51. The molecule has 0 atom stereocenters. The highest BCUT2D eigenvalue weighted by Crippen LogP contribution is 2.33. The zero-order chi connectivity index (χ0) is 17.9. The summed E-state index contributed by atoms with van der Waals surface area (Å²) in [5.41, 5.74) is -0.219. The normalized spacial score (nSPS) is 12.4. The number of hydrogen-bond acceptors (Lipinski definition) is 2. The lowest BCUT2D eigenvalue weighted by Gasteiger charge is -2.13. The Balaban J connectivity index is 2.19. The second-order valence-electron chi connectivity index (χ2n) is 4.89. The molecule has 0 fully saturated rings. The van der Waals surface area contributed by atoms with Crippen LogP contribution < -0.4 is 0 Å². The molecule has 2 aromatic rings. The smallest absolute Gasteiger partial charge is 0.391 e. The monoisotopic (exact) mass is 395 g/mol. The van der Waals surface area contributed by atoms with E-state index in [1.165, 1.54) is 19.1 Å². The molecular formula is C16H11Cl3F3NO. The molecule has 8 heteroatoms. The Kier molecular flexibility index (Phi) is 6.01. The molecule has 2 nitrogen and oxygen atoms in total. The van der Waals surface area contributed by atoms with E-state index >= 15 is 0 Å². The van der Waals surface area contributed by atoms with Gasteiger partial charge in [0.25, 0.3) is 0 Å². The fourth-order valence-electron chi connectivity index (χ4n) is 1.95. The summed E-state index contributed by atoms with van der Waals surface area (Å²) >= 11 is 17.5. The van der Waals surface area contributed by atoms with Crippen LogP contribution in [0.5, 0.6) is 0 Å². The predicted molar refractivity (Wildman–Crippen MR) is 89.9 cm³/mol. The Morgan fingerprint density at radius 1 is 1.04 bits per heavy atom. The number of hydrogen-bond donors (Lipinski definition) is 0. The Labute approximate surface area is 151 Å². The van der Waals surface area contributed by atoms with Gasteiger partial charge >= 0.3 is 6.18 Å². The van der Waals surface area contributed by atoms with Crippen molar-refractivity contribution in [2.75, 3.05) is 0 Å². The van der Waals surface area contributed by atoms with E-state index in [1.807, 2.05) is 0 Å². The molecule has 0 aromatic heterocycles. The molecule has 2 rings (SSSR count). The van der Waals surface area contributed by atoms with Crippen LogP contribution >= 0.6 is 34.8 Å². The van der Waals surface area contributed by atoms with E-state index in [4.69, 9.17) is 39.6 Å². The van der Waals surface area contributed by atoms with Crippen LogP contribution in [0.15, 0.2) is 41.6 Å². The molecule has 0 aliphatic rings. The first kappa shape index (κ1) is 18.9. The van der Waals surface area contributed by atoms with Gasteiger partial charge in [-0.15, -0.1) is 0 Å². The van der Waals surface area contributed by atoms with E-state index in [9.17, 15) is 13.2 Å². The minimum Gasteiger partial charge on any atom is -0.391 e. The average molecular weight is 397 g/mol. The molecule has 0 aliphatic heterocycles. The van der Waals surface area contributed by atoms with E-state index in [1.54, 1.807) is 18.2 Å². The summed E-state index contributed by atoms with van der Waals surface area (Å²) in [5.74, 6) is 0. The van der Waals surface area contributed by atoms with Crippen molar-refractivity contribution in [1.29, 1.82) is 0 Å². The van der Waals surface area contributed by atoms with E-state index in [0.717, 1.165) is 6.07 Å². The summed E-state index contributed by atoms with van der Waals surface area (Å²) in [6, 6.07) is 8.16. The molecule has 128 valence electrons. The van der Waals surface area contributed by atoms with Gasteiger partial charge in [-0.1, -0.05) is 46.0 Å². The fourth-order valence-corrected chi connectivity index (χ4v) is 2.44. The second kappa shape index (κ2) is 7.64. The van der Waals surface area contributed by atoms with Gasteiger partial charge in [-0.3, -0.25) is 0 Å². The molecule has 0 saturated heterocycles. The van der Waals surface area contributed by atoms with Crippen molar-refractivity contribution in [3.05, 3.63) is 68.2 Å². The van der Waals surface area contributed by atoms with E-state index in [2.05, 4.69) is 5.16 Å². The van der Waals surface area contributed by atoms with Crippen LogP contribution in [0.1, 0.15) is 23.6 Å². The molecule has 0 unspecified atom stereocenters.